The summed E-state index contributed by atoms with van der Waals surface area (Å²) in [5.74, 6) is 0. The summed E-state index contributed by atoms with van der Waals surface area (Å²) in [6, 6.07) is 0. The summed E-state index contributed by atoms with van der Waals surface area (Å²) in [4.78, 5) is 0. The Bertz CT molecular complexity index is 163. The van der Waals surface area contributed by atoms with Crippen LogP contribution in [0.4, 0.5) is 0 Å². The first-order valence-corrected chi connectivity index (χ1v) is 4.77. The van der Waals surface area contributed by atoms with Gasteiger partial charge in [0.15, 0.2) is 0 Å². The fourth-order valence-electron chi connectivity index (χ4n) is 0.358. The first kappa shape index (κ1) is 14.7. The molecule has 0 amide bonds. The van der Waals surface area contributed by atoms with Crippen molar-refractivity contribution in [2.75, 3.05) is 7.05 Å². The van der Waals surface area contributed by atoms with Gasteiger partial charge in [0.2, 0.25) is 0 Å². The molecule has 0 atom stereocenters. The molecular formula is C11H24N2. The van der Waals surface area contributed by atoms with Crippen molar-refractivity contribution in [2.24, 2.45) is 10.5 Å². The number of hydrazone groups is 1. The van der Waals surface area contributed by atoms with Gasteiger partial charge in [-0.05, 0) is 12.3 Å². The van der Waals surface area contributed by atoms with Gasteiger partial charge in [-0.3, -0.25) is 5.01 Å². The molecular weight excluding hydrogens is 160 g/mol. The molecule has 0 aromatic carbocycles. The van der Waals surface area contributed by atoms with Gasteiger partial charge in [0.1, 0.15) is 0 Å². The molecule has 0 bridgehead atoms. The Kier molecular flexibility index (Phi) is 7.58. The Morgan fingerprint density at radius 3 is 1.92 bits per heavy atom. The molecule has 0 saturated carbocycles. The van der Waals surface area contributed by atoms with Crippen LogP contribution in [-0.4, -0.2) is 18.3 Å². The Morgan fingerprint density at radius 2 is 1.69 bits per heavy atom. The zero-order valence-electron chi connectivity index (χ0n) is 10.2. The minimum absolute atomic E-state index is 0.143. The smallest absolute Gasteiger partial charge is 0.0302 e. The number of rotatable bonds is 2. The summed E-state index contributed by atoms with van der Waals surface area (Å²) in [5, 5.41) is 5.97. The summed E-state index contributed by atoms with van der Waals surface area (Å²) in [7, 11) is 1.89. The summed E-state index contributed by atoms with van der Waals surface area (Å²) in [6.07, 6.45) is 1.92. The van der Waals surface area contributed by atoms with E-state index in [2.05, 4.69) is 32.5 Å². The van der Waals surface area contributed by atoms with Crippen LogP contribution < -0.4 is 0 Å². The van der Waals surface area contributed by atoms with Crippen LogP contribution in [0.2, 0.25) is 0 Å². The lowest BCUT2D eigenvalue weighted by Gasteiger charge is -2.15. The van der Waals surface area contributed by atoms with Crippen LogP contribution in [0.25, 0.3) is 0 Å². The van der Waals surface area contributed by atoms with E-state index in [0.29, 0.717) is 0 Å². The van der Waals surface area contributed by atoms with Crippen molar-refractivity contribution in [1.29, 1.82) is 0 Å². The molecule has 13 heavy (non-hydrogen) atoms. The van der Waals surface area contributed by atoms with Crippen LogP contribution in [0.3, 0.4) is 0 Å². The van der Waals surface area contributed by atoms with Crippen molar-refractivity contribution in [3.05, 3.63) is 12.3 Å². The quantitative estimate of drug-likeness (QED) is 0.473. The van der Waals surface area contributed by atoms with Crippen LogP contribution in [0.5, 0.6) is 0 Å². The molecule has 0 aliphatic carbocycles. The van der Waals surface area contributed by atoms with E-state index in [1.807, 2.05) is 34.0 Å². The van der Waals surface area contributed by atoms with Crippen molar-refractivity contribution in [2.45, 2.75) is 41.5 Å². The van der Waals surface area contributed by atoms with Crippen molar-refractivity contribution >= 4 is 6.21 Å². The Hall–Kier alpha value is -0.790. The maximum absolute atomic E-state index is 4.20. The lowest BCUT2D eigenvalue weighted by Crippen LogP contribution is -2.13. The third-order valence-corrected chi connectivity index (χ3v) is 1.17. The van der Waals surface area contributed by atoms with Gasteiger partial charge in [0, 0.05) is 19.0 Å². The monoisotopic (exact) mass is 184 g/mol. The van der Waals surface area contributed by atoms with Crippen LogP contribution in [-0.2, 0) is 0 Å². The van der Waals surface area contributed by atoms with E-state index in [9.17, 15) is 0 Å². The van der Waals surface area contributed by atoms with Crippen molar-refractivity contribution in [3.8, 4) is 0 Å². The normalized spacial score (nSPS) is 10.7. The van der Waals surface area contributed by atoms with Crippen LogP contribution in [0.15, 0.2) is 17.4 Å². The molecule has 0 radical (unpaired) electrons. The lowest BCUT2D eigenvalue weighted by atomic mass is 9.99. The topological polar surface area (TPSA) is 15.6 Å². The van der Waals surface area contributed by atoms with Crippen LogP contribution >= 0.6 is 0 Å². The molecule has 2 nitrogen and oxygen atoms in total. The van der Waals surface area contributed by atoms with Crippen molar-refractivity contribution < 1.29 is 0 Å². The van der Waals surface area contributed by atoms with Crippen molar-refractivity contribution in [1.82, 2.24) is 5.01 Å². The Labute approximate surface area is 83.3 Å². The zero-order chi connectivity index (χ0) is 11.1. The highest BCUT2D eigenvalue weighted by Gasteiger charge is 2.05. The summed E-state index contributed by atoms with van der Waals surface area (Å²) in [6.45, 7) is 16.0. The van der Waals surface area contributed by atoms with E-state index in [-0.39, 0.29) is 5.41 Å². The van der Waals surface area contributed by atoms with Gasteiger partial charge in [-0.15, -0.1) is 0 Å². The summed E-state index contributed by atoms with van der Waals surface area (Å²) < 4.78 is 0. The van der Waals surface area contributed by atoms with Gasteiger partial charge in [-0.1, -0.05) is 41.2 Å². The predicted octanol–water partition coefficient (Wildman–Crippen LogP) is 3.51. The second-order valence-corrected chi connectivity index (χ2v) is 3.87. The molecule has 0 saturated heterocycles. The van der Waals surface area contributed by atoms with Gasteiger partial charge < -0.3 is 0 Å². The minimum Gasteiger partial charge on any atom is -0.274 e. The molecule has 2 heteroatoms. The average Bonchev–Trinajstić information content (AvgIpc) is 2.02. The van der Waals surface area contributed by atoms with E-state index in [0.717, 1.165) is 5.70 Å². The van der Waals surface area contributed by atoms with Gasteiger partial charge in [0.05, 0.1) is 0 Å². The maximum atomic E-state index is 4.20. The molecule has 0 spiro atoms. The van der Waals surface area contributed by atoms with E-state index in [4.69, 9.17) is 0 Å². The SMILES string of the molecule is C=C(C)N(C)/N=C\C(C)(C)C.CC. The zero-order valence-corrected chi connectivity index (χ0v) is 10.2. The molecule has 0 N–H and O–H groups in total. The molecule has 0 heterocycles. The van der Waals surface area contributed by atoms with Gasteiger partial charge in [-0.2, -0.15) is 5.10 Å². The second-order valence-electron chi connectivity index (χ2n) is 3.87. The number of nitrogens with zero attached hydrogens (tertiary/aromatic N) is 2. The average molecular weight is 184 g/mol. The van der Waals surface area contributed by atoms with Gasteiger partial charge >= 0.3 is 0 Å². The molecule has 0 aliphatic rings. The summed E-state index contributed by atoms with van der Waals surface area (Å²) in [5.41, 5.74) is 1.09. The Morgan fingerprint density at radius 1 is 1.31 bits per heavy atom. The van der Waals surface area contributed by atoms with E-state index >= 15 is 0 Å². The standard InChI is InChI=1S/C9H18N2.C2H6/c1-8(2)11(6)10-7-9(3,4)5;1-2/h7H,1H2,2-6H3;1-2H3/b10-7-;. The summed E-state index contributed by atoms with van der Waals surface area (Å²) >= 11 is 0. The first-order chi connectivity index (χ1) is 5.83. The fraction of sp³-hybridized carbons (Fsp3) is 0.727. The molecule has 0 fully saturated rings. The molecule has 0 rings (SSSR count). The number of allylic oxidation sites excluding steroid dienone is 1. The maximum Gasteiger partial charge on any atom is 0.0302 e. The van der Waals surface area contributed by atoms with Crippen LogP contribution in [0.1, 0.15) is 41.5 Å². The Balaban J connectivity index is 0. The first-order valence-electron chi connectivity index (χ1n) is 4.77. The highest BCUT2D eigenvalue weighted by molar-refractivity contribution is 5.63. The molecule has 0 aliphatic heterocycles. The highest BCUT2D eigenvalue weighted by atomic mass is 15.4. The van der Waals surface area contributed by atoms with E-state index < -0.39 is 0 Å². The third-order valence-electron chi connectivity index (χ3n) is 1.17. The highest BCUT2D eigenvalue weighted by Crippen LogP contribution is 2.09. The number of hydrogen-bond donors (Lipinski definition) is 0. The van der Waals surface area contributed by atoms with Crippen LogP contribution in [0, 0.1) is 5.41 Å². The molecule has 0 unspecified atom stereocenters. The number of hydrogen-bond acceptors (Lipinski definition) is 2. The minimum atomic E-state index is 0.143. The van der Waals surface area contributed by atoms with Gasteiger partial charge in [-0.25, -0.2) is 0 Å². The fourth-order valence-corrected chi connectivity index (χ4v) is 0.358. The largest absolute Gasteiger partial charge is 0.274 e. The molecule has 0 aromatic rings. The second kappa shape index (κ2) is 6.70. The molecule has 78 valence electrons. The van der Waals surface area contributed by atoms with E-state index in [1.54, 1.807) is 5.01 Å². The molecule has 0 aromatic heterocycles. The van der Waals surface area contributed by atoms with Crippen molar-refractivity contribution in [3.63, 3.8) is 0 Å². The predicted molar refractivity (Wildman–Crippen MR) is 61.9 cm³/mol. The third kappa shape index (κ3) is 11.2. The van der Waals surface area contributed by atoms with E-state index in [1.165, 1.54) is 0 Å². The van der Waals surface area contributed by atoms with Gasteiger partial charge in [0.25, 0.3) is 0 Å². The lowest BCUT2D eigenvalue weighted by molar-refractivity contribution is 0.441.